The monoisotopic (exact) mass is 328 g/mol. The second kappa shape index (κ2) is 6.51. The van der Waals surface area contributed by atoms with E-state index in [1.807, 2.05) is 37.4 Å². The van der Waals surface area contributed by atoms with Crippen molar-refractivity contribution in [3.05, 3.63) is 69.3 Å². The number of hydrogen-bond acceptors (Lipinski definition) is 2. The van der Waals surface area contributed by atoms with Crippen LogP contribution in [0.1, 0.15) is 12.5 Å². The summed E-state index contributed by atoms with van der Waals surface area (Å²) in [4.78, 5) is 5.82. The second-order valence-electron chi connectivity index (χ2n) is 5.06. The summed E-state index contributed by atoms with van der Waals surface area (Å²) in [7, 11) is 2.05. The highest BCUT2D eigenvalue weighted by molar-refractivity contribution is 7.07. The predicted octanol–water partition coefficient (Wildman–Crippen LogP) is 5.20. The van der Waals surface area contributed by atoms with Gasteiger partial charge in [0.2, 0.25) is 0 Å². The Morgan fingerprint density at radius 2 is 1.82 bits per heavy atom. The highest BCUT2D eigenvalue weighted by atomic mass is 35.5. The van der Waals surface area contributed by atoms with Crippen LogP contribution in [0.2, 0.25) is 5.02 Å². The number of benzene rings is 2. The maximum absolute atomic E-state index is 5.96. The molecule has 0 N–H and O–H groups in total. The number of para-hydroxylation sites is 1. The molecule has 22 heavy (non-hydrogen) atoms. The first-order chi connectivity index (χ1) is 10.7. The van der Waals surface area contributed by atoms with E-state index in [0.29, 0.717) is 0 Å². The van der Waals surface area contributed by atoms with Crippen molar-refractivity contribution in [3.63, 3.8) is 0 Å². The summed E-state index contributed by atoms with van der Waals surface area (Å²) >= 11 is 7.61. The van der Waals surface area contributed by atoms with Gasteiger partial charge in [-0.1, -0.05) is 48.9 Å². The Labute approximate surface area is 139 Å². The molecule has 0 aliphatic carbocycles. The number of aryl methyl sites for hydroxylation is 1. The van der Waals surface area contributed by atoms with Crippen molar-refractivity contribution in [1.82, 2.24) is 4.57 Å². The maximum Gasteiger partial charge on any atom is 0.190 e. The summed E-state index contributed by atoms with van der Waals surface area (Å²) in [6.45, 7) is 2.15. The number of halogens is 1. The first-order valence-electron chi connectivity index (χ1n) is 7.22. The van der Waals surface area contributed by atoms with Crippen LogP contribution in [0.5, 0.6) is 0 Å². The van der Waals surface area contributed by atoms with Crippen molar-refractivity contribution < 1.29 is 0 Å². The molecule has 0 spiro atoms. The van der Waals surface area contributed by atoms with E-state index in [4.69, 9.17) is 16.6 Å². The molecule has 2 aromatic carbocycles. The van der Waals surface area contributed by atoms with Crippen LogP contribution in [0.15, 0.2) is 58.9 Å². The number of aromatic nitrogens is 1. The van der Waals surface area contributed by atoms with Crippen molar-refractivity contribution in [2.75, 3.05) is 0 Å². The molecule has 0 unspecified atom stereocenters. The van der Waals surface area contributed by atoms with Gasteiger partial charge in [0, 0.05) is 17.5 Å². The maximum atomic E-state index is 5.96. The van der Waals surface area contributed by atoms with Gasteiger partial charge in [0.1, 0.15) is 0 Å². The molecule has 0 radical (unpaired) electrons. The molecule has 112 valence electrons. The zero-order valence-corrected chi connectivity index (χ0v) is 14.2. The number of rotatable bonds is 3. The Hall–Kier alpha value is -1.84. The van der Waals surface area contributed by atoms with Crippen molar-refractivity contribution in [3.8, 4) is 11.3 Å². The molecule has 4 heteroatoms. The Morgan fingerprint density at radius 1 is 1.09 bits per heavy atom. The minimum absolute atomic E-state index is 0.753. The first kappa shape index (κ1) is 15.1. The molecule has 0 fully saturated rings. The number of nitrogens with zero attached hydrogens (tertiary/aromatic N) is 2. The van der Waals surface area contributed by atoms with E-state index in [-0.39, 0.29) is 0 Å². The van der Waals surface area contributed by atoms with Gasteiger partial charge >= 0.3 is 0 Å². The van der Waals surface area contributed by atoms with Gasteiger partial charge in [-0.2, -0.15) is 0 Å². The Kier molecular flexibility index (Phi) is 4.46. The largest absolute Gasteiger partial charge is 0.320 e. The third-order valence-electron chi connectivity index (χ3n) is 3.65. The topological polar surface area (TPSA) is 17.3 Å². The zero-order valence-electron chi connectivity index (χ0n) is 12.6. The van der Waals surface area contributed by atoms with Crippen LogP contribution in [0.25, 0.3) is 11.3 Å². The molecule has 2 nitrogen and oxygen atoms in total. The minimum atomic E-state index is 0.753. The van der Waals surface area contributed by atoms with Gasteiger partial charge in [0.15, 0.2) is 4.80 Å². The minimum Gasteiger partial charge on any atom is -0.320 e. The molecule has 0 saturated carbocycles. The number of hydrogen-bond donors (Lipinski definition) is 0. The highest BCUT2D eigenvalue weighted by Gasteiger charge is 2.05. The average Bonchev–Trinajstić information content (AvgIpc) is 2.90. The van der Waals surface area contributed by atoms with Crippen LogP contribution >= 0.6 is 22.9 Å². The van der Waals surface area contributed by atoms with Crippen molar-refractivity contribution in [1.29, 1.82) is 0 Å². The van der Waals surface area contributed by atoms with Crippen LogP contribution in [-0.2, 0) is 13.5 Å². The van der Waals surface area contributed by atoms with E-state index in [2.05, 4.69) is 35.1 Å². The summed E-state index contributed by atoms with van der Waals surface area (Å²) in [5, 5.41) is 2.89. The fourth-order valence-electron chi connectivity index (χ4n) is 2.38. The van der Waals surface area contributed by atoms with E-state index in [1.165, 1.54) is 5.56 Å². The first-order valence-corrected chi connectivity index (χ1v) is 8.48. The Morgan fingerprint density at radius 3 is 2.55 bits per heavy atom. The molecular weight excluding hydrogens is 312 g/mol. The Bertz CT molecular complexity index is 844. The van der Waals surface area contributed by atoms with Gasteiger partial charge in [0.25, 0.3) is 0 Å². The SMILES string of the molecule is CCc1ccccc1N=c1scc(-c2ccc(Cl)cc2)n1C. The third kappa shape index (κ3) is 3.01. The quantitative estimate of drug-likeness (QED) is 0.628. The molecule has 0 bridgehead atoms. The van der Waals surface area contributed by atoms with Crippen LogP contribution in [0, 0.1) is 0 Å². The molecule has 0 atom stereocenters. The van der Waals surface area contributed by atoms with Gasteiger partial charge in [-0.05, 0) is 35.7 Å². The van der Waals surface area contributed by atoms with Gasteiger partial charge < -0.3 is 4.57 Å². The lowest BCUT2D eigenvalue weighted by Crippen LogP contribution is -2.11. The lowest BCUT2D eigenvalue weighted by atomic mass is 10.1. The highest BCUT2D eigenvalue weighted by Crippen LogP contribution is 2.23. The van der Waals surface area contributed by atoms with E-state index in [0.717, 1.165) is 33.2 Å². The Balaban J connectivity index is 2.07. The van der Waals surface area contributed by atoms with Crippen molar-refractivity contribution >= 4 is 28.6 Å². The molecular formula is C18H17ClN2S. The molecule has 3 aromatic rings. The standard InChI is InChI=1S/C18H17ClN2S/c1-3-13-6-4-5-7-16(13)20-18-21(2)17(12-22-18)14-8-10-15(19)11-9-14/h4-12H,3H2,1-2H3. The zero-order chi connectivity index (χ0) is 15.5. The van der Waals surface area contributed by atoms with Gasteiger partial charge in [-0.3, -0.25) is 0 Å². The average molecular weight is 329 g/mol. The summed E-state index contributed by atoms with van der Waals surface area (Å²) in [5.74, 6) is 0. The summed E-state index contributed by atoms with van der Waals surface area (Å²) in [6, 6.07) is 16.2. The molecule has 0 amide bonds. The third-order valence-corrected chi connectivity index (χ3v) is 4.82. The lowest BCUT2D eigenvalue weighted by molar-refractivity contribution is 0.881. The molecule has 3 rings (SSSR count). The fourth-order valence-corrected chi connectivity index (χ4v) is 3.42. The van der Waals surface area contributed by atoms with Crippen LogP contribution < -0.4 is 4.80 Å². The normalized spacial score (nSPS) is 11.9. The smallest absolute Gasteiger partial charge is 0.190 e. The molecule has 0 aliphatic heterocycles. The predicted molar refractivity (Wildman–Crippen MR) is 94.8 cm³/mol. The van der Waals surface area contributed by atoms with E-state index in [1.54, 1.807) is 11.3 Å². The summed E-state index contributed by atoms with van der Waals surface area (Å²) < 4.78 is 2.13. The van der Waals surface area contributed by atoms with E-state index >= 15 is 0 Å². The van der Waals surface area contributed by atoms with E-state index < -0.39 is 0 Å². The summed E-state index contributed by atoms with van der Waals surface area (Å²) in [6.07, 6.45) is 0.985. The summed E-state index contributed by atoms with van der Waals surface area (Å²) in [5.41, 5.74) is 4.61. The van der Waals surface area contributed by atoms with E-state index in [9.17, 15) is 0 Å². The van der Waals surface area contributed by atoms with Crippen molar-refractivity contribution in [2.24, 2.45) is 12.0 Å². The van der Waals surface area contributed by atoms with Gasteiger partial charge in [-0.15, -0.1) is 11.3 Å². The lowest BCUT2D eigenvalue weighted by Gasteiger charge is -2.04. The molecule has 1 aromatic heterocycles. The number of thiazole rings is 1. The van der Waals surface area contributed by atoms with Crippen LogP contribution in [0.4, 0.5) is 5.69 Å². The molecule has 0 aliphatic rings. The van der Waals surface area contributed by atoms with Crippen LogP contribution in [-0.4, -0.2) is 4.57 Å². The van der Waals surface area contributed by atoms with Crippen molar-refractivity contribution in [2.45, 2.75) is 13.3 Å². The van der Waals surface area contributed by atoms with Gasteiger partial charge in [-0.25, -0.2) is 4.99 Å². The van der Waals surface area contributed by atoms with Crippen LogP contribution in [0.3, 0.4) is 0 Å². The second-order valence-corrected chi connectivity index (χ2v) is 6.34. The molecule has 0 saturated heterocycles. The van der Waals surface area contributed by atoms with Gasteiger partial charge in [0.05, 0.1) is 11.4 Å². The molecule has 1 heterocycles. The fraction of sp³-hybridized carbons (Fsp3) is 0.167.